The number of methoxy groups -OCH3 is 1. The van der Waals surface area contributed by atoms with E-state index in [0.29, 0.717) is 0 Å². The monoisotopic (exact) mass is 208 g/mol. The van der Waals surface area contributed by atoms with Crippen LogP contribution < -0.4 is 0 Å². The predicted octanol–water partition coefficient (Wildman–Crippen LogP) is 2.03. The molecule has 0 unspecified atom stereocenters. The fourth-order valence-corrected chi connectivity index (χ4v) is 2.39. The van der Waals surface area contributed by atoms with Gasteiger partial charge in [0.2, 0.25) is 0 Å². The molecule has 0 heterocycles. The first-order valence-corrected chi connectivity index (χ1v) is 6.19. The minimum Gasteiger partial charge on any atom is -0.468 e. The highest BCUT2D eigenvalue weighted by molar-refractivity contribution is 8.03. The smallest absolute Gasteiger partial charge is 0.318 e. The van der Waals surface area contributed by atoms with Gasteiger partial charge in [-0.25, -0.2) is 0 Å². The largest absolute Gasteiger partial charge is 0.468 e. The number of carbonyl (C=O) groups is 1. The summed E-state index contributed by atoms with van der Waals surface area (Å²) in [5.74, 6) is 3.16. The number of hydrogen-bond donors (Lipinski definition) is 0. The third-order valence-corrected chi connectivity index (χ3v) is 3.62. The first-order chi connectivity index (χ1) is 5.72. The van der Waals surface area contributed by atoms with Gasteiger partial charge in [-0.2, -0.15) is 11.8 Å². The lowest BCUT2D eigenvalue weighted by Gasteiger charge is -2.07. The Morgan fingerprint density at radius 3 is 2.67 bits per heavy atom. The predicted molar refractivity (Wildman–Crippen MR) is 56.9 cm³/mol. The molecule has 0 bridgehead atoms. The molecule has 0 aromatic rings. The second-order valence-electron chi connectivity index (χ2n) is 2.23. The first kappa shape index (κ1) is 12.2. The summed E-state index contributed by atoms with van der Waals surface area (Å²) in [4.78, 5) is 10.9. The number of ether oxygens (including phenoxy) is 1. The average Bonchev–Trinajstić information content (AvgIpc) is 2.10. The van der Waals surface area contributed by atoms with Crippen LogP contribution in [-0.4, -0.2) is 35.6 Å². The van der Waals surface area contributed by atoms with Crippen molar-refractivity contribution >= 4 is 29.5 Å². The number of thioether (sulfide) groups is 2. The topological polar surface area (TPSA) is 26.3 Å². The van der Waals surface area contributed by atoms with Gasteiger partial charge in [-0.3, -0.25) is 4.79 Å². The van der Waals surface area contributed by atoms with Gasteiger partial charge in [0.1, 0.15) is 0 Å². The van der Waals surface area contributed by atoms with Gasteiger partial charge in [-0.15, -0.1) is 11.8 Å². The van der Waals surface area contributed by atoms with Crippen molar-refractivity contribution in [3.05, 3.63) is 0 Å². The summed E-state index contributed by atoms with van der Waals surface area (Å²) in [6.45, 7) is 4.02. The third-order valence-electron chi connectivity index (χ3n) is 1.33. The Bertz CT molecular complexity index is 128. The normalized spacial score (nSPS) is 12.6. The fraction of sp³-hybridized carbons (Fsp3) is 0.875. The molecule has 0 radical (unpaired) electrons. The Morgan fingerprint density at radius 2 is 2.17 bits per heavy atom. The van der Waals surface area contributed by atoms with Crippen LogP contribution in [0.25, 0.3) is 0 Å². The van der Waals surface area contributed by atoms with E-state index in [0.717, 1.165) is 17.3 Å². The molecule has 0 amide bonds. The summed E-state index contributed by atoms with van der Waals surface area (Å²) in [6, 6.07) is 0. The lowest BCUT2D eigenvalue weighted by Crippen LogP contribution is -2.15. The molecule has 12 heavy (non-hydrogen) atoms. The molecule has 0 fully saturated rings. The van der Waals surface area contributed by atoms with Crippen LogP contribution in [-0.2, 0) is 9.53 Å². The quantitative estimate of drug-likeness (QED) is 0.493. The molecule has 1 atom stereocenters. The average molecular weight is 208 g/mol. The van der Waals surface area contributed by atoms with Crippen molar-refractivity contribution in [3.8, 4) is 0 Å². The van der Waals surface area contributed by atoms with Gasteiger partial charge in [-0.05, 0) is 12.7 Å². The van der Waals surface area contributed by atoms with Gasteiger partial charge in [0.15, 0.2) is 0 Å². The van der Waals surface area contributed by atoms with Crippen LogP contribution >= 0.6 is 23.5 Å². The van der Waals surface area contributed by atoms with Crippen molar-refractivity contribution in [3.63, 3.8) is 0 Å². The Labute approximate surface area is 82.8 Å². The van der Waals surface area contributed by atoms with E-state index in [1.165, 1.54) is 7.11 Å². The lowest BCUT2D eigenvalue weighted by atomic mass is 10.5. The van der Waals surface area contributed by atoms with Crippen LogP contribution in [0.2, 0.25) is 0 Å². The SMILES string of the molecule is CCSCCS[C@H](C)C(=O)OC. The minimum atomic E-state index is -0.124. The number of hydrogen-bond acceptors (Lipinski definition) is 4. The molecular formula is C8H16O2S2. The van der Waals surface area contributed by atoms with Gasteiger partial charge in [0.25, 0.3) is 0 Å². The summed E-state index contributed by atoms with van der Waals surface area (Å²) < 4.78 is 4.60. The number of carbonyl (C=O) groups excluding carboxylic acids is 1. The highest BCUT2D eigenvalue weighted by Crippen LogP contribution is 2.13. The van der Waals surface area contributed by atoms with Gasteiger partial charge in [-0.1, -0.05) is 6.92 Å². The third kappa shape index (κ3) is 5.77. The molecule has 4 heteroatoms. The van der Waals surface area contributed by atoms with E-state index >= 15 is 0 Å². The molecule has 0 aromatic heterocycles. The van der Waals surface area contributed by atoms with E-state index < -0.39 is 0 Å². The van der Waals surface area contributed by atoms with Crippen molar-refractivity contribution in [1.82, 2.24) is 0 Å². The van der Waals surface area contributed by atoms with E-state index in [-0.39, 0.29) is 11.2 Å². The fourth-order valence-electron chi connectivity index (χ4n) is 0.662. The highest BCUT2D eigenvalue weighted by Gasteiger charge is 2.12. The van der Waals surface area contributed by atoms with Crippen LogP contribution in [0.1, 0.15) is 13.8 Å². The second-order valence-corrected chi connectivity index (χ2v) is 5.08. The zero-order chi connectivity index (χ0) is 9.40. The summed E-state index contributed by atoms with van der Waals surface area (Å²) in [5.41, 5.74) is 0. The van der Waals surface area contributed by atoms with E-state index in [2.05, 4.69) is 11.7 Å². The lowest BCUT2D eigenvalue weighted by molar-refractivity contribution is -0.139. The Balaban J connectivity index is 3.31. The second kappa shape index (κ2) is 7.80. The van der Waals surface area contributed by atoms with Crippen LogP contribution in [0.4, 0.5) is 0 Å². The molecule has 72 valence electrons. The maximum atomic E-state index is 10.9. The molecule has 0 rings (SSSR count). The first-order valence-electron chi connectivity index (χ1n) is 3.99. The molecule has 0 N–H and O–H groups in total. The minimum absolute atomic E-state index is 0.0209. The summed E-state index contributed by atoms with van der Waals surface area (Å²) >= 11 is 3.55. The van der Waals surface area contributed by atoms with Gasteiger partial charge in [0.05, 0.1) is 12.4 Å². The van der Waals surface area contributed by atoms with Gasteiger partial charge >= 0.3 is 5.97 Å². The highest BCUT2D eigenvalue weighted by atomic mass is 32.2. The maximum Gasteiger partial charge on any atom is 0.318 e. The van der Waals surface area contributed by atoms with Crippen molar-refractivity contribution in [2.24, 2.45) is 0 Å². The number of esters is 1. The van der Waals surface area contributed by atoms with E-state index in [9.17, 15) is 4.79 Å². The maximum absolute atomic E-state index is 10.9. The van der Waals surface area contributed by atoms with Crippen molar-refractivity contribution < 1.29 is 9.53 Å². The van der Waals surface area contributed by atoms with Crippen LogP contribution in [0, 0.1) is 0 Å². The van der Waals surface area contributed by atoms with Gasteiger partial charge < -0.3 is 4.74 Å². The number of rotatable bonds is 6. The summed E-state index contributed by atoms with van der Waals surface area (Å²) in [6.07, 6.45) is 0. The molecule has 0 aliphatic heterocycles. The zero-order valence-corrected chi connectivity index (χ0v) is 9.46. The Hall–Kier alpha value is 0.170. The zero-order valence-electron chi connectivity index (χ0n) is 7.83. The van der Waals surface area contributed by atoms with Gasteiger partial charge in [0, 0.05) is 11.5 Å². The van der Waals surface area contributed by atoms with Crippen LogP contribution in [0.5, 0.6) is 0 Å². The molecule has 0 saturated heterocycles. The Kier molecular flexibility index (Phi) is 7.91. The molecular weight excluding hydrogens is 192 g/mol. The van der Waals surface area contributed by atoms with Crippen molar-refractivity contribution in [2.45, 2.75) is 19.1 Å². The van der Waals surface area contributed by atoms with Crippen LogP contribution in [0.15, 0.2) is 0 Å². The molecule has 0 aliphatic carbocycles. The molecule has 0 aromatic carbocycles. The molecule has 0 spiro atoms. The Morgan fingerprint density at radius 1 is 1.50 bits per heavy atom. The molecule has 0 saturated carbocycles. The summed E-state index contributed by atoms with van der Waals surface area (Å²) in [7, 11) is 1.43. The van der Waals surface area contributed by atoms with Crippen LogP contribution in [0.3, 0.4) is 0 Å². The van der Waals surface area contributed by atoms with E-state index in [1.54, 1.807) is 11.8 Å². The van der Waals surface area contributed by atoms with E-state index in [4.69, 9.17) is 0 Å². The molecule has 2 nitrogen and oxygen atoms in total. The standard InChI is InChI=1S/C8H16O2S2/c1-4-11-5-6-12-7(2)8(9)10-3/h7H,4-6H2,1-3H3/t7-/m1/s1. The summed E-state index contributed by atoms with van der Waals surface area (Å²) in [5, 5.41) is -0.0209. The van der Waals surface area contributed by atoms with E-state index in [1.807, 2.05) is 18.7 Å². The molecule has 0 aliphatic rings. The van der Waals surface area contributed by atoms with Crippen molar-refractivity contribution in [1.29, 1.82) is 0 Å². The van der Waals surface area contributed by atoms with Crippen molar-refractivity contribution in [2.75, 3.05) is 24.4 Å².